The van der Waals surface area contributed by atoms with E-state index in [1.807, 2.05) is 6.07 Å². The van der Waals surface area contributed by atoms with Crippen LogP contribution in [0, 0.1) is 17.1 Å². The number of halogens is 1. The lowest BCUT2D eigenvalue weighted by Gasteiger charge is -2.29. The summed E-state index contributed by atoms with van der Waals surface area (Å²) in [6.07, 6.45) is 2.04. The van der Waals surface area contributed by atoms with Gasteiger partial charge in [0.2, 0.25) is 0 Å². The van der Waals surface area contributed by atoms with Crippen LogP contribution in [0.1, 0.15) is 25.3 Å². The summed E-state index contributed by atoms with van der Waals surface area (Å²) in [5, 5.41) is 15.7. The zero-order valence-corrected chi connectivity index (χ0v) is 9.83. The molecule has 2 rings (SSSR count). The number of nitrogens with one attached hydrogen (secondary N) is 2. The van der Waals surface area contributed by atoms with Gasteiger partial charge in [-0.15, -0.1) is 0 Å². The minimum absolute atomic E-state index is 0.351. The minimum Gasteiger partial charge on any atom is -0.381 e. The van der Waals surface area contributed by atoms with Crippen LogP contribution in [0.25, 0.3) is 0 Å². The highest BCUT2D eigenvalue weighted by Crippen LogP contribution is 2.20. The van der Waals surface area contributed by atoms with E-state index in [1.165, 1.54) is 12.1 Å². The monoisotopic (exact) mass is 233 g/mol. The van der Waals surface area contributed by atoms with Crippen molar-refractivity contribution in [3.8, 4) is 6.07 Å². The minimum atomic E-state index is -0.370. The molecule has 1 aliphatic heterocycles. The maximum absolute atomic E-state index is 13.0. The lowest BCUT2D eigenvalue weighted by atomic mass is 10.00. The van der Waals surface area contributed by atoms with E-state index < -0.39 is 0 Å². The number of nitrogens with zero attached hydrogens (tertiary/aromatic N) is 1. The fourth-order valence-corrected chi connectivity index (χ4v) is 2.22. The molecule has 0 spiro atoms. The molecule has 1 aromatic carbocycles. The van der Waals surface area contributed by atoms with Crippen molar-refractivity contribution in [2.75, 3.05) is 11.9 Å². The van der Waals surface area contributed by atoms with Crippen LogP contribution >= 0.6 is 0 Å². The van der Waals surface area contributed by atoms with Crippen LogP contribution in [-0.2, 0) is 0 Å². The molecule has 0 radical (unpaired) electrons. The molecule has 2 atom stereocenters. The van der Waals surface area contributed by atoms with E-state index >= 15 is 0 Å². The van der Waals surface area contributed by atoms with Crippen molar-refractivity contribution < 1.29 is 4.39 Å². The summed E-state index contributed by atoms with van der Waals surface area (Å²) in [6.45, 7) is 3.12. The molecule has 0 aromatic heterocycles. The molecule has 2 unspecified atom stereocenters. The van der Waals surface area contributed by atoms with Crippen molar-refractivity contribution in [1.82, 2.24) is 5.32 Å². The number of hydrogen-bond donors (Lipinski definition) is 2. The van der Waals surface area contributed by atoms with E-state index in [4.69, 9.17) is 5.26 Å². The number of piperidine rings is 1. The van der Waals surface area contributed by atoms with Crippen molar-refractivity contribution in [2.24, 2.45) is 0 Å². The standard InChI is InChI=1S/C13H16FN3/c1-9-6-12(4-5-16-9)17-13-3-2-11(14)7-10(13)8-15/h2-3,7,9,12,16-17H,4-6H2,1H3. The third-order valence-electron chi connectivity index (χ3n) is 3.09. The van der Waals surface area contributed by atoms with E-state index in [-0.39, 0.29) is 5.82 Å². The fraction of sp³-hybridized carbons (Fsp3) is 0.462. The molecule has 2 N–H and O–H groups in total. The van der Waals surface area contributed by atoms with Gasteiger partial charge in [-0.2, -0.15) is 5.26 Å². The van der Waals surface area contributed by atoms with Gasteiger partial charge in [-0.05, 0) is 44.5 Å². The molecule has 0 aliphatic carbocycles. The van der Waals surface area contributed by atoms with E-state index in [9.17, 15) is 4.39 Å². The molecule has 1 fully saturated rings. The highest BCUT2D eigenvalue weighted by atomic mass is 19.1. The Morgan fingerprint density at radius 3 is 3.06 bits per heavy atom. The van der Waals surface area contributed by atoms with Crippen molar-refractivity contribution >= 4 is 5.69 Å². The maximum Gasteiger partial charge on any atom is 0.124 e. The molecule has 0 amide bonds. The third kappa shape index (κ3) is 2.95. The molecule has 1 heterocycles. The number of anilines is 1. The molecule has 0 saturated carbocycles. The Morgan fingerprint density at radius 1 is 1.53 bits per heavy atom. The van der Waals surface area contributed by atoms with E-state index in [2.05, 4.69) is 17.6 Å². The number of rotatable bonds is 2. The molecule has 17 heavy (non-hydrogen) atoms. The second-order valence-electron chi connectivity index (χ2n) is 4.52. The maximum atomic E-state index is 13.0. The van der Waals surface area contributed by atoms with E-state index in [1.54, 1.807) is 6.07 Å². The van der Waals surface area contributed by atoms with Gasteiger partial charge in [-0.1, -0.05) is 0 Å². The Morgan fingerprint density at radius 2 is 2.35 bits per heavy atom. The highest BCUT2D eigenvalue weighted by Gasteiger charge is 2.18. The van der Waals surface area contributed by atoms with Crippen molar-refractivity contribution in [3.63, 3.8) is 0 Å². The smallest absolute Gasteiger partial charge is 0.124 e. The van der Waals surface area contributed by atoms with E-state index in [0.717, 1.165) is 25.1 Å². The van der Waals surface area contributed by atoms with Crippen LogP contribution in [0.2, 0.25) is 0 Å². The fourth-order valence-electron chi connectivity index (χ4n) is 2.22. The SMILES string of the molecule is CC1CC(Nc2ccc(F)cc2C#N)CCN1. The molecular formula is C13H16FN3. The number of nitriles is 1. The van der Waals surface area contributed by atoms with Crippen LogP contribution in [-0.4, -0.2) is 18.6 Å². The van der Waals surface area contributed by atoms with Gasteiger partial charge in [0.1, 0.15) is 11.9 Å². The first kappa shape index (κ1) is 11.9. The lowest BCUT2D eigenvalue weighted by Crippen LogP contribution is -2.41. The molecule has 1 aliphatic rings. The highest BCUT2D eigenvalue weighted by molar-refractivity contribution is 5.57. The Kier molecular flexibility index (Phi) is 3.60. The van der Waals surface area contributed by atoms with Gasteiger partial charge >= 0.3 is 0 Å². The molecule has 3 nitrogen and oxygen atoms in total. The first-order valence-corrected chi connectivity index (χ1v) is 5.88. The Hall–Kier alpha value is -1.60. The van der Waals surface area contributed by atoms with Crippen molar-refractivity contribution in [2.45, 2.75) is 31.8 Å². The van der Waals surface area contributed by atoms with Gasteiger partial charge in [0.05, 0.1) is 11.3 Å². The Bertz CT molecular complexity index is 439. The topological polar surface area (TPSA) is 47.9 Å². The summed E-state index contributed by atoms with van der Waals surface area (Å²) in [7, 11) is 0. The molecule has 0 bridgehead atoms. The van der Waals surface area contributed by atoms with Gasteiger partial charge in [0.25, 0.3) is 0 Å². The van der Waals surface area contributed by atoms with Gasteiger partial charge in [-0.25, -0.2) is 4.39 Å². The predicted molar refractivity (Wildman–Crippen MR) is 65.2 cm³/mol. The summed E-state index contributed by atoms with van der Waals surface area (Å²) >= 11 is 0. The largest absolute Gasteiger partial charge is 0.381 e. The van der Waals surface area contributed by atoms with Crippen LogP contribution in [0.4, 0.5) is 10.1 Å². The van der Waals surface area contributed by atoms with Gasteiger partial charge in [0.15, 0.2) is 0 Å². The second kappa shape index (κ2) is 5.15. The summed E-state index contributed by atoms with van der Waals surface area (Å²) < 4.78 is 13.0. The molecular weight excluding hydrogens is 217 g/mol. The summed E-state index contributed by atoms with van der Waals surface area (Å²) in [6, 6.07) is 7.14. The average molecular weight is 233 g/mol. The van der Waals surface area contributed by atoms with Crippen molar-refractivity contribution in [1.29, 1.82) is 5.26 Å². The van der Waals surface area contributed by atoms with Crippen LogP contribution in [0.5, 0.6) is 0 Å². The zero-order chi connectivity index (χ0) is 12.3. The predicted octanol–water partition coefficient (Wildman–Crippen LogP) is 2.25. The molecule has 1 aromatic rings. The number of hydrogen-bond acceptors (Lipinski definition) is 3. The van der Waals surface area contributed by atoms with Crippen molar-refractivity contribution in [3.05, 3.63) is 29.6 Å². The van der Waals surface area contributed by atoms with E-state index in [0.29, 0.717) is 17.6 Å². The summed E-state index contributed by atoms with van der Waals surface area (Å²) in [5.41, 5.74) is 1.10. The molecule has 1 saturated heterocycles. The van der Waals surface area contributed by atoms with Gasteiger partial charge in [0, 0.05) is 12.1 Å². The summed E-state index contributed by atoms with van der Waals surface area (Å²) in [5.74, 6) is -0.370. The van der Waals surface area contributed by atoms with Crippen LogP contribution in [0.3, 0.4) is 0 Å². The van der Waals surface area contributed by atoms with Crippen LogP contribution in [0.15, 0.2) is 18.2 Å². The van der Waals surface area contributed by atoms with Crippen LogP contribution < -0.4 is 10.6 Å². The molecule has 4 heteroatoms. The number of benzene rings is 1. The first-order valence-electron chi connectivity index (χ1n) is 5.88. The first-order chi connectivity index (χ1) is 8.19. The lowest BCUT2D eigenvalue weighted by molar-refractivity contribution is 0.396. The Balaban J connectivity index is 2.10. The average Bonchev–Trinajstić information content (AvgIpc) is 2.31. The van der Waals surface area contributed by atoms with Gasteiger partial charge < -0.3 is 10.6 Å². The Labute approximate surface area is 101 Å². The normalized spacial score (nSPS) is 24.1. The third-order valence-corrected chi connectivity index (χ3v) is 3.09. The van der Waals surface area contributed by atoms with Gasteiger partial charge in [-0.3, -0.25) is 0 Å². The molecule has 90 valence electrons. The summed E-state index contributed by atoms with van der Waals surface area (Å²) in [4.78, 5) is 0. The second-order valence-corrected chi connectivity index (χ2v) is 4.52. The zero-order valence-electron chi connectivity index (χ0n) is 9.83. The quantitative estimate of drug-likeness (QED) is 0.823.